The highest BCUT2D eigenvalue weighted by Gasteiger charge is 2.14. The Bertz CT molecular complexity index is 908. The molecule has 22 heavy (non-hydrogen) atoms. The zero-order chi connectivity index (χ0) is 15.7. The summed E-state index contributed by atoms with van der Waals surface area (Å²) in [6.07, 6.45) is 0. The Morgan fingerprint density at radius 1 is 1.05 bits per heavy atom. The zero-order valence-corrected chi connectivity index (χ0v) is 12.3. The number of carbonyl (C=O) groups excluding carboxylic acids is 1. The van der Waals surface area contributed by atoms with Gasteiger partial charge in [-0.05, 0) is 43.7 Å². The summed E-state index contributed by atoms with van der Waals surface area (Å²) in [7, 11) is 0. The molecule has 0 aliphatic heterocycles. The van der Waals surface area contributed by atoms with Crippen LogP contribution in [0.4, 0.5) is 0 Å². The van der Waals surface area contributed by atoms with Crippen LogP contribution < -0.4 is 10.4 Å². The molecule has 0 saturated carbocycles. The Kier molecular flexibility index (Phi) is 3.51. The second-order valence-corrected chi connectivity index (χ2v) is 5.07. The molecule has 3 aromatic rings. The van der Waals surface area contributed by atoms with Gasteiger partial charge < -0.3 is 9.15 Å². The predicted molar refractivity (Wildman–Crippen MR) is 83.4 cm³/mol. The number of hydrogen-bond acceptors (Lipinski definition) is 4. The Morgan fingerprint density at radius 3 is 2.50 bits per heavy atom. The van der Waals surface area contributed by atoms with Crippen molar-refractivity contribution in [1.29, 1.82) is 0 Å². The van der Waals surface area contributed by atoms with Gasteiger partial charge in [0, 0.05) is 17.0 Å². The lowest BCUT2D eigenvalue weighted by atomic mass is 10.1. The lowest BCUT2D eigenvalue weighted by Gasteiger charge is -2.10. The van der Waals surface area contributed by atoms with Crippen LogP contribution in [0.5, 0.6) is 5.75 Å². The number of esters is 1. The van der Waals surface area contributed by atoms with E-state index in [-0.39, 0.29) is 0 Å². The van der Waals surface area contributed by atoms with E-state index in [0.29, 0.717) is 22.5 Å². The molecule has 110 valence electrons. The maximum atomic E-state index is 12.1. The summed E-state index contributed by atoms with van der Waals surface area (Å²) in [5.74, 6) is -0.0619. The molecule has 0 aliphatic carbocycles. The molecule has 4 nitrogen and oxygen atoms in total. The van der Waals surface area contributed by atoms with E-state index in [1.165, 1.54) is 6.07 Å². The quantitative estimate of drug-likeness (QED) is 0.411. The number of benzene rings is 2. The van der Waals surface area contributed by atoms with Gasteiger partial charge in [0.05, 0.1) is 5.56 Å². The van der Waals surface area contributed by atoms with Crippen molar-refractivity contribution < 1.29 is 13.9 Å². The summed E-state index contributed by atoms with van der Waals surface area (Å²) in [6, 6.07) is 13.7. The smallest absolute Gasteiger partial charge is 0.343 e. The minimum atomic E-state index is -0.446. The van der Waals surface area contributed by atoms with Crippen LogP contribution in [-0.4, -0.2) is 5.97 Å². The third-order valence-electron chi connectivity index (χ3n) is 3.53. The van der Waals surface area contributed by atoms with Crippen LogP contribution in [0.25, 0.3) is 11.0 Å². The van der Waals surface area contributed by atoms with Crippen molar-refractivity contribution in [3.05, 3.63) is 75.6 Å². The van der Waals surface area contributed by atoms with Gasteiger partial charge in [0.2, 0.25) is 0 Å². The largest absolute Gasteiger partial charge is 0.423 e. The highest BCUT2D eigenvalue weighted by atomic mass is 16.5. The van der Waals surface area contributed by atoms with Crippen LogP contribution in [0.15, 0.2) is 57.7 Å². The van der Waals surface area contributed by atoms with Gasteiger partial charge in [-0.15, -0.1) is 0 Å². The minimum Gasteiger partial charge on any atom is -0.423 e. The Labute approximate surface area is 127 Å². The van der Waals surface area contributed by atoms with Crippen molar-refractivity contribution in [3.63, 3.8) is 0 Å². The number of hydrogen-bond donors (Lipinski definition) is 0. The maximum absolute atomic E-state index is 12.1. The molecule has 0 amide bonds. The molecule has 1 heterocycles. The van der Waals surface area contributed by atoms with E-state index in [2.05, 4.69) is 0 Å². The Morgan fingerprint density at radius 2 is 1.77 bits per heavy atom. The van der Waals surface area contributed by atoms with Gasteiger partial charge in [-0.2, -0.15) is 0 Å². The summed E-state index contributed by atoms with van der Waals surface area (Å²) >= 11 is 0. The lowest BCUT2D eigenvalue weighted by Crippen LogP contribution is -2.09. The molecule has 0 N–H and O–H groups in total. The van der Waals surface area contributed by atoms with Crippen LogP contribution in [0.3, 0.4) is 0 Å². The molecule has 3 rings (SSSR count). The molecule has 2 aromatic carbocycles. The summed E-state index contributed by atoms with van der Waals surface area (Å²) in [4.78, 5) is 23.7. The second-order valence-electron chi connectivity index (χ2n) is 5.07. The monoisotopic (exact) mass is 294 g/mol. The first-order chi connectivity index (χ1) is 10.6. The first-order valence-electron chi connectivity index (χ1n) is 6.87. The van der Waals surface area contributed by atoms with E-state index in [0.717, 1.165) is 10.9 Å². The van der Waals surface area contributed by atoms with Crippen LogP contribution in [-0.2, 0) is 0 Å². The van der Waals surface area contributed by atoms with Crippen molar-refractivity contribution in [2.24, 2.45) is 0 Å². The maximum Gasteiger partial charge on any atom is 0.343 e. The molecule has 0 atom stereocenters. The topological polar surface area (TPSA) is 56.5 Å². The lowest BCUT2D eigenvalue weighted by molar-refractivity contribution is 0.0733. The van der Waals surface area contributed by atoms with Crippen LogP contribution in [0, 0.1) is 13.8 Å². The Balaban J connectivity index is 2.04. The van der Waals surface area contributed by atoms with Crippen molar-refractivity contribution in [1.82, 2.24) is 0 Å². The van der Waals surface area contributed by atoms with Gasteiger partial charge in [0.15, 0.2) is 0 Å². The number of fused-ring (bicyclic) bond motifs is 1. The third kappa shape index (κ3) is 2.51. The summed E-state index contributed by atoms with van der Waals surface area (Å²) in [6.45, 7) is 3.60. The second kappa shape index (κ2) is 5.48. The van der Waals surface area contributed by atoms with E-state index in [1.54, 1.807) is 43.3 Å². The van der Waals surface area contributed by atoms with E-state index < -0.39 is 11.6 Å². The van der Waals surface area contributed by atoms with E-state index >= 15 is 0 Å². The molecule has 4 heteroatoms. The average Bonchev–Trinajstić information content (AvgIpc) is 2.51. The standard InChI is InChI=1S/C18H14O4/c1-11-10-16(19)22-17-12(2)15(9-8-14(11)17)21-18(20)13-6-4-3-5-7-13/h3-10H,1-2H3. The molecular weight excluding hydrogens is 280 g/mol. The number of ether oxygens (including phenoxy) is 1. The third-order valence-corrected chi connectivity index (χ3v) is 3.53. The first-order valence-corrected chi connectivity index (χ1v) is 6.87. The van der Waals surface area contributed by atoms with Gasteiger partial charge in [-0.3, -0.25) is 0 Å². The van der Waals surface area contributed by atoms with Gasteiger partial charge >= 0.3 is 11.6 Å². The van der Waals surface area contributed by atoms with Crippen LogP contribution in [0.2, 0.25) is 0 Å². The highest BCUT2D eigenvalue weighted by Crippen LogP contribution is 2.28. The molecule has 0 bridgehead atoms. The van der Waals surface area contributed by atoms with E-state index in [9.17, 15) is 9.59 Å². The van der Waals surface area contributed by atoms with Crippen LogP contribution >= 0.6 is 0 Å². The van der Waals surface area contributed by atoms with Crippen molar-refractivity contribution in [3.8, 4) is 5.75 Å². The molecule has 0 aliphatic rings. The van der Waals surface area contributed by atoms with Gasteiger partial charge in [-0.1, -0.05) is 18.2 Å². The highest BCUT2D eigenvalue weighted by molar-refractivity contribution is 5.92. The number of rotatable bonds is 2. The van der Waals surface area contributed by atoms with E-state index in [4.69, 9.17) is 9.15 Å². The molecule has 0 radical (unpaired) electrons. The van der Waals surface area contributed by atoms with Crippen molar-refractivity contribution in [2.75, 3.05) is 0 Å². The minimum absolute atomic E-state index is 0.384. The molecule has 0 fully saturated rings. The summed E-state index contributed by atoms with van der Waals surface area (Å²) in [5, 5.41) is 0.830. The fourth-order valence-corrected chi connectivity index (χ4v) is 2.34. The molecule has 1 aromatic heterocycles. The van der Waals surface area contributed by atoms with Crippen molar-refractivity contribution >= 4 is 16.9 Å². The fourth-order valence-electron chi connectivity index (χ4n) is 2.34. The number of aryl methyl sites for hydroxylation is 2. The SMILES string of the molecule is Cc1cc(=O)oc2c(C)c(OC(=O)c3ccccc3)ccc12. The van der Waals surface area contributed by atoms with Crippen LogP contribution in [0.1, 0.15) is 21.5 Å². The van der Waals surface area contributed by atoms with Gasteiger partial charge in [-0.25, -0.2) is 9.59 Å². The fraction of sp³-hybridized carbons (Fsp3) is 0.111. The normalized spacial score (nSPS) is 10.6. The average molecular weight is 294 g/mol. The summed E-state index contributed by atoms with van der Waals surface area (Å²) < 4.78 is 10.7. The van der Waals surface area contributed by atoms with Gasteiger partial charge in [0.25, 0.3) is 0 Å². The number of carbonyl (C=O) groups is 1. The van der Waals surface area contributed by atoms with Crippen molar-refractivity contribution in [2.45, 2.75) is 13.8 Å². The summed E-state index contributed by atoms with van der Waals surface area (Å²) in [5.41, 5.74) is 1.95. The molecular formula is C18H14O4. The van der Waals surface area contributed by atoms with E-state index in [1.807, 2.05) is 13.0 Å². The first kappa shape index (κ1) is 14.1. The Hall–Kier alpha value is -2.88. The molecule has 0 spiro atoms. The predicted octanol–water partition coefficient (Wildman–Crippen LogP) is 3.63. The molecule has 0 unspecified atom stereocenters. The van der Waals surface area contributed by atoms with Gasteiger partial charge in [0.1, 0.15) is 11.3 Å². The zero-order valence-electron chi connectivity index (χ0n) is 12.3. The molecule has 0 saturated heterocycles.